The maximum atomic E-state index is 10.3. The van der Waals surface area contributed by atoms with Crippen molar-refractivity contribution < 1.29 is 5.11 Å². The Morgan fingerprint density at radius 1 is 1.24 bits per heavy atom. The zero-order valence-corrected chi connectivity index (χ0v) is 11.2. The van der Waals surface area contributed by atoms with Gasteiger partial charge in [-0.05, 0) is 36.5 Å². The Balaban J connectivity index is 1.96. The molecule has 3 aliphatic rings. The van der Waals surface area contributed by atoms with Crippen molar-refractivity contribution in [2.75, 3.05) is 13.1 Å². The second-order valence-electron chi connectivity index (χ2n) is 4.86. The average Bonchev–Trinajstić information content (AvgIpc) is 2.36. The summed E-state index contributed by atoms with van der Waals surface area (Å²) in [6, 6.07) is 8.15. The van der Waals surface area contributed by atoms with Crippen molar-refractivity contribution in [1.82, 2.24) is 4.90 Å². The van der Waals surface area contributed by atoms with Gasteiger partial charge in [0.15, 0.2) is 0 Å². The minimum Gasteiger partial charge on any atom is -0.387 e. The van der Waals surface area contributed by atoms with Gasteiger partial charge in [0, 0.05) is 23.3 Å². The van der Waals surface area contributed by atoms with Gasteiger partial charge in [-0.25, -0.2) is 0 Å². The molecular weight excluding hydrogens is 278 g/mol. The first-order valence-corrected chi connectivity index (χ1v) is 6.94. The molecule has 3 heteroatoms. The molecule has 0 saturated carbocycles. The molecule has 0 radical (unpaired) electrons. The highest BCUT2D eigenvalue weighted by molar-refractivity contribution is 9.10. The zero-order chi connectivity index (χ0) is 11.8. The van der Waals surface area contributed by atoms with Gasteiger partial charge >= 0.3 is 0 Å². The van der Waals surface area contributed by atoms with E-state index >= 15 is 0 Å². The fraction of sp³-hybridized carbons (Fsp3) is 0.429. The molecule has 0 aliphatic carbocycles. The number of halogens is 1. The molecule has 90 valence electrons. The second-order valence-corrected chi connectivity index (χ2v) is 5.71. The molecular formula is C14H16BrNO. The Morgan fingerprint density at radius 3 is 2.59 bits per heavy atom. The van der Waals surface area contributed by atoms with Crippen LogP contribution in [-0.2, 0) is 0 Å². The minimum atomic E-state index is -0.274. The number of aliphatic hydroxyl groups is 1. The maximum Gasteiger partial charge on any atom is 0.0965 e. The summed E-state index contributed by atoms with van der Waals surface area (Å²) in [4.78, 5) is 2.32. The molecule has 3 heterocycles. The number of benzene rings is 1. The van der Waals surface area contributed by atoms with E-state index in [9.17, 15) is 5.11 Å². The van der Waals surface area contributed by atoms with E-state index in [1.54, 1.807) is 0 Å². The molecule has 2 bridgehead atoms. The Morgan fingerprint density at radius 2 is 1.94 bits per heavy atom. The summed E-state index contributed by atoms with van der Waals surface area (Å²) in [5.41, 5.74) is 2.24. The first-order chi connectivity index (χ1) is 8.25. The standard InChI is InChI=1S/C14H16BrNO/c15-12-4-2-1-3-11(12)9-13-14(17)10-5-7-16(13)8-6-10/h1-4,9-10,14,17H,5-8H2/b13-9-/t14-/m1/s1. The molecule has 3 saturated heterocycles. The van der Waals surface area contributed by atoms with Crippen LogP contribution in [0, 0.1) is 5.92 Å². The van der Waals surface area contributed by atoms with E-state index in [0.717, 1.165) is 41.7 Å². The molecule has 4 rings (SSSR count). The van der Waals surface area contributed by atoms with E-state index in [2.05, 4.69) is 33.0 Å². The van der Waals surface area contributed by atoms with Gasteiger partial charge in [0.2, 0.25) is 0 Å². The quantitative estimate of drug-likeness (QED) is 0.861. The maximum absolute atomic E-state index is 10.3. The van der Waals surface area contributed by atoms with Gasteiger partial charge in [0.1, 0.15) is 0 Å². The van der Waals surface area contributed by atoms with Gasteiger partial charge in [0.25, 0.3) is 0 Å². The SMILES string of the molecule is O[C@H]1/C(=C/c2ccccc2Br)N2CCC1CC2. The lowest BCUT2D eigenvalue weighted by Gasteiger charge is -2.46. The lowest BCUT2D eigenvalue weighted by Crippen LogP contribution is -2.48. The number of nitrogens with zero attached hydrogens (tertiary/aromatic N) is 1. The van der Waals surface area contributed by atoms with E-state index in [-0.39, 0.29) is 6.10 Å². The molecule has 1 atom stereocenters. The van der Waals surface area contributed by atoms with Crippen LogP contribution in [0.5, 0.6) is 0 Å². The van der Waals surface area contributed by atoms with Crippen LogP contribution >= 0.6 is 15.9 Å². The highest BCUT2D eigenvalue weighted by Gasteiger charge is 2.36. The molecule has 17 heavy (non-hydrogen) atoms. The Labute approximate surface area is 110 Å². The van der Waals surface area contributed by atoms with Crippen molar-refractivity contribution in [2.24, 2.45) is 5.92 Å². The monoisotopic (exact) mass is 293 g/mol. The summed E-state index contributed by atoms with van der Waals surface area (Å²) in [6.07, 6.45) is 4.12. The van der Waals surface area contributed by atoms with Gasteiger partial charge in [-0.15, -0.1) is 0 Å². The topological polar surface area (TPSA) is 23.5 Å². The van der Waals surface area contributed by atoms with Crippen molar-refractivity contribution >= 4 is 22.0 Å². The smallest absolute Gasteiger partial charge is 0.0965 e. The molecule has 1 aromatic rings. The first kappa shape index (κ1) is 11.3. The van der Waals surface area contributed by atoms with Gasteiger partial charge in [-0.3, -0.25) is 0 Å². The van der Waals surface area contributed by atoms with Gasteiger partial charge < -0.3 is 10.0 Å². The summed E-state index contributed by atoms with van der Waals surface area (Å²) in [5.74, 6) is 0.466. The van der Waals surface area contributed by atoms with Crippen LogP contribution in [0.15, 0.2) is 34.4 Å². The Hall–Kier alpha value is -0.800. The van der Waals surface area contributed by atoms with E-state index in [1.807, 2.05) is 18.2 Å². The molecule has 3 aliphatic heterocycles. The lowest BCUT2D eigenvalue weighted by molar-refractivity contribution is 0.0215. The van der Waals surface area contributed by atoms with Crippen LogP contribution in [-0.4, -0.2) is 29.2 Å². The molecule has 2 nitrogen and oxygen atoms in total. The van der Waals surface area contributed by atoms with E-state index in [0.29, 0.717) is 5.92 Å². The predicted molar refractivity (Wildman–Crippen MR) is 72.4 cm³/mol. The van der Waals surface area contributed by atoms with Crippen LogP contribution in [0.4, 0.5) is 0 Å². The number of hydrogen-bond acceptors (Lipinski definition) is 2. The number of piperidine rings is 3. The molecule has 0 amide bonds. The molecule has 0 unspecified atom stereocenters. The molecule has 1 N–H and O–H groups in total. The predicted octanol–water partition coefficient (Wildman–Crippen LogP) is 2.88. The third-order valence-electron chi connectivity index (χ3n) is 3.86. The van der Waals surface area contributed by atoms with Gasteiger partial charge in [-0.2, -0.15) is 0 Å². The summed E-state index contributed by atoms with van der Waals surface area (Å²) >= 11 is 3.55. The number of rotatable bonds is 1. The highest BCUT2D eigenvalue weighted by Crippen LogP contribution is 2.36. The largest absolute Gasteiger partial charge is 0.387 e. The van der Waals surface area contributed by atoms with E-state index in [1.165, 1.54) is 0 Å². The van der Waals surface area contributed by atoms with Crippen molar-refractivity contribution in [3.8, 4) is 0 Å². The molecule has 1 aromatic carbocycles. The van der Waals surface area contributed by atoms with Crippen LogP contribution in [0.3, 0.4) is 0 Å². The van der Waals surface area contributed by atoms with Gasteiger partial charge in [0.05, 0.1) is 6.10 Å². The average molecular weight is 294 g/mol. The fourth-order valence-corrected chi connectivity index (χ4v) is 3.23. The Kier molecular flexibility index (Phi) is 2.97. The van der Waals surface area contributed by atoms with E-state index < -0.39 is 0 Å². The molecule has 0 aromatic heterocycles. The minimum absolute atomic E-state index is 0.274. The Bertz CT molecular complexity index is 445. The first-order valence-electron chi connectivity index (χ1n) is 6.15. The lowest BCUT2D eigenvalue weighted by atomic mass is 9.83. The summed E-state index contributed by atoms with van der Waals surface area (Å²) in [7, 11) is 0. The summed E-state index contributed by atoms with van der Waals surface area (Å²) < 4.78 is 1.09. The third kappa shape index (κ3) is 2.02. The molecule has 0 spiro atoms. The van der Waals surface area contributed by atoms with E-state index in [4.69, 9.17) is 0 Å². The van der Waals surface area contributed by atoms with Crippen molar-refractivity contribution in [3.63, 3.8) is 0 Å². The second kappa shape index (κ2) is 4.46. The van der Waals surface area contributed by atoms with Crippen LogP contribution < -0.4 is 0 Å². The number of fused-ring (bicyclic) bond motifs is 3. The molecule has 3 fully saturated rings. The normalized spacial score (nSPS) is 30.0. The third-order valence-corrected chi connectivity index (χ3v) is 4.59. The highest BCUT2D eigenvalue weighted by atomic mass is 79.9. The number of aliphatic hydroxyl groups excluding tert-OH is 1. The van der Waals surface area contributed by atoms with Crippen LogP contribution in [0.2, 0.25) is 0 Å². The van der Waals surface area contributed by atoms with Gasteiger partial charge in [-0.1, -0.05) is 34.1 Å². The van der Waals surface area contributed by atoms with Crippen molar-refractivity contribution in [3.05, 3.63) is 40.0 Å². The van der Waals surface area contributed by atoms with Crippen LogP contribution in [0.25, 0.3) is 6.08 Å². The summed E-state index contributed by atoms with van der Waals surface area (Å²) in [5, 5.41) is 10.3. The van der Waals surface area contributed by atoms with Crippen molar-refractivity contribution in [2.45, 2.75) is 18.9 Å². The van der Waals surface area contributed by atoms with Crippen LogP contribution in [0.1, 0.15) is 18.4 Å². The zero-order valence-electron chi connectivity index (χ0n) is 9.64. The number of hydrogen-bond donors (Lipinski definition) is 1. The fourth-order valence-electron chi connectivity index (χ4n) is 2.83. The summed E-state index contributed by atoms with van der Waals surface area (Å²) in [6.45, 7) is 2.19. The van der Waals surface area contributed by atoms with Crippen molar-refractivity contribution in [1.29, 1.82) is 0 Å².